The van der Waals surface area contributed by atoms with Crippen molar-refractivity contribution in [2.45, 2.75) is 25.7 Å². The van der Waals surface area contributed by atoms with Crippen molar-refractivity contribution in [3.8, 4) is 6.07 Å². The summed E-state index contributed by atoms with van der Waals surface area (Å²) < 4.78 is 0. The molecular formula is C18H20N6O. The van der Waals surface area contributed by atoms with Gasteiger partial charge in [-0.3, -0.25) is 0 Å². The third-order valence-electron chi connectivity index (χ3n) is 5.48. The van der Waals surface area contributed by atoms with Crippen LogP contribution in [0, 0.1) is 16.7 Å². The van der Waals surface area contributed by atoms with Crippen molar-refractivity contribution in [3.63, 3.8) is 0 Å². The third kappa shape index (κ3) is 2.75. The molecule has 7 heteroatoms. The van der Waals surface area contributed by atoms with E-state index in [-0.39, 0.29) is 11.8 Å². The van der Waals surface area contributed by atoms with Gasteiger partial charge in [0.05, 0.1) is 17.9 Å². The molecule has 7 nitrogen and oxygen atoms in total. The number of likely N-dealkylation sites (tertiary alicyclic amines) is 1. The lowest BCUT2D eigenvalue weighted by Crippen LogP contribution is -2.44. The van der Waals surface area contributed by atoms with Gasteiger partial charge >= 0.3 is 0 Å². The second kappa shape index (κ2) is 6.23. The van der Waals surface area contributed by atoms with Crippen LogP contribution in [0.15, 0.2) is 24.3 Å². The fourth-order valence-electron chi connectivity index (χ4n) is 4.29. The van der Waals surface area contributed by atoms with E-state index in [1.54, 1.807) is 6.33 Å². The van der Waals surface area contributed by atoms with Gasteiger partial charge < -0.3 is 14.8 Å². The number of rotatable bonds is 3. The highest BCUT2D eigenvalue weighted by molar-refractivity contribution is 5.87. The van der Waals surface area contributed by atoms with Crippen molar-refractivity contribution in [1.29, 1.82) is 5.26 Å². The average Bonchev–Trinajstić information content (AvgIpc) is 3.27. The largest absolute Gasteiger partial charge is 0.364 e. The van der Waals surface area contributed by atoms with Gasteiger partial charge in [0.1, 0.15) is 29.4 Å². The van der Waals surface area contributed by atoms with Crippen LogP contribution in [0.2, 0.25) is 0 Å². The number of hydrogen-bond donors (Lipinski definition) is 1. The molecule has 0 saturated carbocycles. The number of hydrogen-bond acceptors (Lipinski definition) is 6. The molecule has 1 unspecified atom stereocenters. The van der Waals surface area contributed by atoms with Gasteiger partial charge in [0.15, 0.2) is 0 Å². The molecule has 0 radical (unpaired) electrons. The number of fused-ring (bicyclic) bond motifs is 1. The number of aromatic nitrogens is 3. The van der Waals surface area contributed by atoms with E-state index in [0.29, 0.717) is 5.70 Å². The molecular weight excluding hydrogens is 316 g/mol. The Morgan fingerprint density at radius 2 is 2.24 bits per heavy atom. The second-order valence-corrected chi connectivity index (χ2v) is 7.02. The molecule has 0 bridgehead atoms. The van der Waals surface area contributed by atoms with Gasteiger partial charge in [0.25, 0.3) is 0 Å². The molecule has 1 atom stereocenters. The van der Waals surface area contributed by atoms with Crippen LogP contribution in [-0.2, 0) is 4.79 Å². The first-order chi connectivity index (χ1) is 12.2. The van der Waals surface area contributed by atoms with Gasteiger partial charge in [-0.2, -0.15) is 5.26 Å². The molecule has 4 rings (SSSR count). The van der Waals surface area contributed by atoms with Gasteiger partial charge in [-0.1, -0.05) is 0 Å². The molecule has 2 aromatic heterocycles. The zero-order valence-electron chi connectivity index (χ0n) is 14.0. The maximum Gasteiger partial charge on any atom is 0.146 e. The van der Waals surface area contributed by atoms with Crippen LogP contribution in [0.25, 0.3) is 11.0 Å². The minimum Gasteiger partial charge on any atom is -0.364 e. The summed E-state index contributed by atoms with van der Waals surface area (Å²) in [6.07, 6.45) is 6.87. The molecule has 2 fully saturated rings. The van der Waals surface area contributed by atoms with Gasteiger partial charge in [-0.25, -0.2) is 14.8 Å². The Morgan fingerprint density at radius 3 is 3.08 bits per heavy atom. The van der Waals surface area contributed by atoms with E-state index in [4.69, 9.17) is 5.26 Å². The fourth-order valence-corrected chi connectivity index (χ4v) is 4.29. The standard InChI is InChI=1S/C18H20N6O/c19-6-2-14(10-25)23-8-1-4-18(11-23)5-9-24(12-18)17-15-3-7-20-16(15)21-13-22-17/h3,7,13H,1-2,4-5,8-9,11-12H2,(H,20,21,22). The highest BCUT2D eigenvalue weighted by Gasteiger charge is 2.42. The normalized spacial score (nSPS) is 23.0. The van der Waals surface area contributed by atoms with Crippen LogP contribution >= 0.6 is 0 Å². The predicted octanol–water partition coefficient (Wildman–Crippen LogP) is 1.88. The van der Waals surface area contributed by atoms with Gasteiger partial charge in [-0.05, 0) is 25.3 Å². The topological polar surface area (TPSA) is 88.9 Å². The van der Waals surface area contributed by atoms with Gasteiger partial charge in [0, 0.05) is 37.8 Å². The molecule has 2 saturated heterocycles. The molecule has 0 amide bonds. The van der Waals surface area contributed by atoms with Crippen molar-refractivity contribution >= 4 is 22.8 Å². The number of piperidine rings is 1. The number of anilines is 1. The maximum absolute atomic E-state index is 11.2. The van der Waals surface area contributed by atoms with Crippen LogP contribution in [0.4, 0.5) is 5.82 Å². The molecule has 0 aliphatic carbocycles. The first-order valence-corrected chi connectivity index (χ1v) is 8.64. The molecule has 0 aromatic carbocycles. The lowest BCUT2D eigenvalue weighted by molar-refractivity contribution is 0.133. The second-order valence-electron chi connectivity index (χ2n) is 7.02. The predicted molar refractivity (Wildman–Crippen MR) is 93.4 cm³/mol. The fraction of sp³-hybridized carbons (Fsp3) is 0.500. The monoisotopic (exact) mass is 336 g/mol. The zero-order valence-corrected chi connectivity index (χ0v) is 14.0. The lowest BCUT2D eigenvalue weighted by Gasteiger charge is -2.41. The average molecular weight is 336 g/mol. The first kappa shape index (κ1) is 15.7. The Balaban J connectivity index is 1.56. The molecule has 2 aromatic rings. The summed E-state index contributed by atoms with van der Waals surface area (Å²) in [5.41, 5.74) is 1.50. The van der Waals surface area contributed by atoms with E-state index in [1.165, 1.54) is 0 Å². The quantitative estimate of drug-likeness (QED) is 0.861. The van der Waals surface area contributed by atoms with Crippen molar-refractivity contribution in [2.24, 2.45) is 5.41 Å². The van der Waals surface area contributed by atoms with Crippen molar-refractivity contribution in [2.75, 3.05) is 31.1 Å². The van der Waals surface area contributed by atoms with E-state index in [1.807, 2.05) is 18.2 Å². The minimum absolute atomic E-state index is 0.138. The zero-order chi connectivity index (χ0) is 17.3. The van der Waals surface area contributed by atoms with Crippen molar-refractivity contribution < 1.29 is 4.79 Å². The summed E-state index contributed by atoms with van der Waals surface area (Å²) in [7, 11) is 0. The first-order valence-electron chi connectivity index (χ1n) is 8.64. The van der Waals surface area contributed by atoms with E-state index < -0.39 is 0 Å². The maximum atomic E-state index is 11.2. The number of carbonyl (C=O) groups excluding carboxylic acids is 1. The van der Waals surface area contributed by atoms with E-state index in [9.17, 15) is 4.79 Å². The Kier molecular flexibility index (Phi) is 3.90. The Morgan fingerprint density at radius 1 is 1.32 bits per heavy atom. The molecule has 4 heterocycles. The summed E-state index contributed by atoms with van der Waals surface area (Å²) >= 11 is 0. The minimum atomic E-state index is 0.138. The summed E-state index contributed by atoms with van der Waals surface area (Å²) in [6.45, 7) is 3.52. The van der Waals surface area contributed by atoms with E-state index >= 15 is 0 Å². The van der Waals surface area contributed by atoms with Crippen LogP contribution in [0.1, 0.15) is 25.7 Å². The van der Waals surface area contributed by atoms with Crippen molar-refractivity contribution in [3.05, 3.63) is 24.3 Å². The van der Waals surface area contributed by atoms with Crippen molar-refractivity contribution in [1.82, 2.24) is 19.9 Å². The highest BCUT2D eigenvalue weighted by Crippen LogP contribution is 2.42. The SMILES string of the molecule is N#CCC(=C=O)N1CCCC2(CCN(c3ncnc4[nH]ccc34)C2)C1. The molecule has 128 valence electrons. The molecule has 2 aliphatic rings. The summed E-state index contributed by atoms with van der Waals surface area (Å²) in [6, 6.07) is 4.09. The highest BCUT2D eigenvalue weighted by atomic mass is 16.1. The molecule has 25 heavy (non-hydrogen) atoms. The smallest absolute Gasteiger partial charge is 0.146 e. The van der Waals surface area contributed by atoms with Crippen LogP contribution in [-0.4, -0.2) is 52.0 Å². The molecule has 2 aliphatic heterocycles. The Labute approximate surface area is 146 Å². The summed E-state index contributed by atoms with van der Waals surface area (Å²) in [5, 5.41) is 9.97. The molecule has 1 N–H and O–H groups in total. The van der Waals surface area contributed by atoms with Crippen LogP contribution in [0.3, 0.4) is 0 Å². The van der Waals surface area contributed by atoms with Gasteiger partial charge in [-0.15, -0.1) is 0 Å². The number of aromatic amines is 1. The van der Waals surface area contributed by atoms with E-state index in [0.717, 1.165) is 62.3 Å². The van der Waals surface area contributed by atoms with Gasteiger partial charge in [0.2, 0.25) is 0 Å². The number of H-pyrrole nitrogens is 1. The third-order valence-corrected chi connectivity index (χ3v) is 5.48. The summed E-state index contributed by atoms with van der Waals surface area (Å²) in [4.78, 5) is 27.5. The number of nitriles is 1. The van der Waals surface area contributed by atoms with Crippen LogP contribution in [0.5, 0.6) is 0 Å². The Bertz CT molecular complexity index is 877. The number of nitrogens with zero attached hydrogens (tertiary/aromatic N) is 5. The number of allylic oxidation sites excluding steroid dienone is 1. The summed E-state index contributed by atoms with van der Waals surface area (Å²) in [5.74, 6) is 2.95. The van der Waals surface area contributed by atoms with Crippen LogP contribution < -0.4 is 4.90 Å². The lowest BCUT2D eigenvalue weighted by atomic mass is 9.79. The van der Waals surface area contributed by atoms with E-state index in [2.05, 4.69) is 30.8 Å². The Hall–Kier alpha value is -2.84. The number of nitrogens with one attached hydrogen (secondary N) is 1. The molecule has 1 spiro atoms.